The van der Waals surface area contributed by atoms with Crippen LogP contribution in [0.5, 0.6) is 0 Å². The van der Waals surface area contributed by atoms with Gasteiger partial charge >= 0.3 is 0 Å². The Morgan fingerprint density at radius 2 is 1.84 bits per heavy atom. The van der Waals surface area contributed by atoms with Gasteiger partial charge in [0, 0.05) is 23.3 Å². The van der Waals surface area contributed by atoms with Crippen molar-refractivity contribution >= 4 is 10.9 Å². The van der Waals surface area contributed by atoms with Gasteiger partial charge in [0.2, 0.25) is 0 Å². The van der Waals surface area contributed by atoms with Crippen molar-refractivity contribution in [1.82, 2.24) is 4.57 Å². The summed E-state index contributed by atoms with van der Waals surface area (Å²) in [4.78, 5) is 0. The van der Waals surface area contributed by atoms with Gasteiger partial charge in [0.25, 0.3) is 0 Å². The van der Waals surface area contributed by atoms with E-state index in [0.717, 1.165) is 17.0 Å². The van der Waals surface area contributed by atoms with Crippen LogP contribution in [0.1, 0.15) is 11.1 Å². The molecule has 3 aromatic rings. The number of fused-ring (bicyclic) bond motifs is 1. The Morgan fingerprint density at radius 1 is 1.00 bits per heavy atom. The molecule has 0 aliphatic rings. The number of aryl methyl sites for hydroxylation is 1. The maximum absolute atomic E-state index is 13.7. The first-order valence-corrected chi connectivity index (χ1v) is 6.13. The molecule has 0 aliphatic heterocycles. The van der Waals surface area contributed by atoms with Gasteiger partial charge in [-0.3, -0.25) is 0 Å². The Kier molecular flexibility index (Phi) is 2.82. The van der Waals surface area contributed by atoms with Gasteiger partial charge in [-0.2, -0.15) is 0 Å². The molecule has 0 amide bonds. The molecule has 1 heterocycles. The number of aromatic nitrogens is 1. The first-order valence-electron chi connectivity index (χ1n) is 6.13. The number of nitrogens with zero attached hydrogens (tertiary/aromatic N) is 1. The zero-order valence-corrected chi connectivity index (χ0v) is 10.5. The molecule has 0 saturated heterocycles. The average molecular weight is 257 g/mol. The monoisotopic (exact) mass is 257 g/mol. The van der Waals surface area contributed by atoms with E-state index in [-0.39, 0.29) is 0 Å². The first-order chi connectivity index (χ1) is 9.13. The van der Waals surface area contributed by atoms with Crippen LogP contribution >= 0.6 is 0 Å². The van der Waals surface area contributed by atoms with Gasteiger partial charge in [-0.25, -0.2) is 8.78 Å². The first kappa shape index (κ1) is 11.9. The highest BCUT2D eigenvalue weighted by atomic mass is 19.1. The topological polar surface area (TPSA) is 4.93 Å². The van der Waals surface area contributed by atoms with Crippen molar-refractivity contribution in [3.8, 4) is 0 Å². The summed E-state index contributed by atoms with van der Waals surface area (Å²) in [7, 11) is 0. The highest BCUT2D eigenvalue weighted by Crippen LogP contribution is 2.20. The van der Waals surface area contributed by atoms with E-state index in [4.69, 9.17) is 0 Å². The molecule has 0 fully saturated rings. The largest absolute Gasteiger partial charge is 0.343 e. The van der Waals surface area contributed by atoms with Crippen LogP contribution in [-0.4, -0.2) is 4.57 Å². The molecule has 0 bridgehead atoms. The van der Waals surface area contributed by atoms with Gasteiger partial charge < -0.3 is 4.57 Å². The highest BCUT2D eigenvalue weighted by Gasteiger charge is 2.06. The number of benzene rings is 2. The van der Waals surface area contributed by atoms with Crippen LogP contribution in [0.4, 0.5) is 8.78 Å². The smallest absolute Gasteiger partial charge is 0.131 e. The molecule has 3 heteroatoms. The van der Waals surface area contributed by atoms with Crippen LogP contribution in [-0.2, 0) is 6.54 Å². The molecule has 2 aromatic carbocycles. The molecule has 0 saturated carbocycles. The SMILES string of the molecule is Cc1ccc2c(ccn2Cc2ccc(F)cc2F)c1. The van der Waals surface area contributed by atoms with Gasteiger partial charge in [-0.05, 0) is 36.6 Å². The van der Waals surface area contributed by atoms with Crippen molar-refractivity contribution in [2.45, 2.75) is 13.5 Å². The van der Waals surface area contributed by atoms with E-state index in [0.29, 0.717) is 12.1 Å². The van der Waals surface area contributed by atoms with E-state index in [1.54, 1.807) is 0 Å². The predicted octanol–water partition coefficient (Wildman–Crippen LogP) is 4.28. The number of hydrogen-bond acceptors (Lipinski definition) is 0. The molecule has 19 heavy (non-hydrogen) atoms. The lowest BCUT2D eigenvalue weighted by Gasteiger charge is -2.07. The quantitative estimate of drug-likeness (QED) is 0.646. The molecule has 3 rings (SSSR count). The molecular weight excluding hydrogens is 244 g/mol. The minimum Gasteiger partial charge on any atom is -0.343 e. The van der Waals surface area contributed by atoms with Crippen molar-refractivity contribution in [3.63, 3.8) is 0 Å². The van der Waals surface area contributed by atoms with Gasteiger partial charge in [0.1, 0.15) is 11.6 Å². The zero-order chi connectivity index (χ0) is 13.4. The zero-order valence-electron chi connectivity index (χ0n) is 10.5. The standard InChI is InChI=1S/C16H13F2N/c1-11-2-5-16-12(8-11)6-7-19(16)10-13-3-4-14(17)9-15(13)18/h2-9H,10H2,1H3. The third kappa shape index (κ3) is 2.24. The molecule has 0 aliphatic carbocycles. The average Bonchev–Trinajstić information content (AvgIpc) is 2.75. The molecule has 96 valence electrons. The second kappa shape index (κ2) is 4.50. The van der Waals surface area contributed by atoms with Gasteiger partial charge in [0.15, 0.2) is 0 Å². The summed E-state index contributed by atoms with van der Waals surface area (Å²) in [5, 5.41) is 1.13. The maximum Gasteiger partial charge on any atom is 0.131 e. The van der Waals surface area contributed by atoms with Crippen molar-refractivity contribution in [3.05, 3.63) is 71.4 Å². The van der Waals surface area contributed by atoms with Crippen LogP contribution < -0.4 is 0 Å². The van der Waals surface area contributed by atoms with Crippen molar-refractivity contribution in [1.29, 1.82) is 0 Å². The molecule has 1 nitrogen and oxygen atoms in total. The fourth-order valence-corrected chi connectivity index (χ4v) is 2.29. The van der Waals surface area contributed by atoms with Crippen LogP contribution in [0.3, 0.4) is 0 Å². The summed E-state index contributed by atoms with van der Waals surface area (Å²) in [5.74, 6) is -1.05. The summed E-state index contributed by atoms with van der Waals surface area (Å²) < 4.78 is 28.5. The number of halogens is 2. The van der Waals surface area contributed by atoms with Gasteiger partial charge in [-0.15, -0.1) is 0 Å². The Labute approximate surface area is 110 Å². The highest BCUT2D eigenvalue weighted by molar-refractivity contribution is 5.80. The van der Waals surface area contributed by atoms with E-state index >= 15 is 0 Å². The molecule has 0 atom stereocenters. The van der Waals surface area contributed by atoms with Gasteiger partial charge in [-0.1, -0.05) is 17.7 Å². The Bertz CT molecular complexity index is 744. The molecule has 0 N–H and O–H groups in total. The summed E-state index contributed by atoms with van der Waals surface area (Å²) in [6.07, 6.45) is 1.92. The summed E-state index contributed by atoms with van der Waals surface area (Å²) in [6, 6.07) is 11.8. The van der Waals surface area contributed by atoms with Crippen molar-refractivity contribution < 1.29 is 8.78 Å². The lowest BCUT2D eigenvalue weighted by atomic mass is 10.2. The minimum absolute atomic E-state index is 0.401. The molecule has 0 spiro atoms. The molecule has 0 unspecified atom stereocenters. The van der Waals surface area contributed by atoms with E-state index in [2.05, 4.69) is 6.07 Å². The lowest BCUT2D eigenvalue weighted by Crippen LogP contribution is -2.00. The molecule has 1 aromatic heterocycles. The Hall–Kier alpha value is -2.16. The summed E-state index contributed by atoms with van der Waals surface area (Å²) in [6.45, 7) is 2.44. The summed E-state index contributed by atoms with van der Waals surface area (Å²) in [5.41, 5.74) is 2.73. The third-order valence-corrected chi connectivity index (χ3v) is 3.28. The maximum atomic E-state index is 13.7. The van der Waals surface area contributed by atoms with Crippen LogP contribution in [0, 0.1) is 18.6 Å². The minimum atomic E-state index is -0.547. The van der Waals surface area contributed by atoms with Crippen molar-refractivity contribution in [2.75, 3.05) is 0 Å². The third-order valence-electron chi connectivity index (χ3n) is 3.28. The second-order valence-corrected chi connectivity index (χ2v) is 4.74. The fourth-order valence-electron chi connectivity index (χ4n) is 2.29. The van der Waals surface area contributed by atoms with E-state index in [1.807, 2.05) is 35.9 Å². The van der Waals surface area contributed by atoms with Crippen LogP contribution in [0.2, 0.25) is 0 Å². The van der Waals surface area contributed by atoms with E-state index < -0.39 is 11.6 Å². The second-order valence-electron chi connectivity index (χ2n) is 4.74. The number of hydrogen-bond donors (Lipinski definition) is 0. The van der Waals surface area contributed by atoms with Gasteiger partial charge in [0.05, 0.1) is 6.54 Å². The van der Waals surface area contributed by atoms with E-state index in [1.165, 1.54) is 17.7 Å². The normalized spacial score (nSPS) is 11.1. The molecule has 0 radical (unpaired) electrons. The Morgan fingerprint density at radius 3 is 2.63 bits per heavy atom. The molecular formula is C16H13F2N. The van der Waals surface area contributed by atoms with E-state index in [9.17, 15) is 8.78 Å². The predicted molar refractivity (Wildman–Crippen MR) is 72.1 cm³/mol. The van der Waals surface area contributed by atoms with Crippen LogP contribution in [0.25, 0.3) is 10.9 Å². The van der Waals surface area contributed by atoms with Crippen LogP contribution in [0.15, 0.2) is 48.7 Å². The summed E-state index contributed by atoms with van der Waals surface area (Å²) >= 11 is 0. The van der Waals surface area contributed by atoms with Crippen molar-refractivity contribution in [2.24, 2.45) is 0 Å². The Balaban J connectivity index is 2.01. The lowest BCUT2D eigenvalue weighted by molar-refractivity contribution is 0.567. The fraction of sp³-hybridized carbons (Fsp3) is 0.125. The number of rotatable bonds is 2.